The number of nitrogens with two attached hydrogens (primary N) is 1. The van der Waals surface area contributed by atoms with Gasteiger partial charge in [0, 0.05) is 29.9 Å². The molecule has 0 aliphatic heterocycles. The first-order valence-electron chi connectivity index (χ1n) is 15.7. The number of nitrogens with zero attached hydrogens (tertiary/aromatic N) is 1. The van der Waals surface area contributed by atoms with E-state index in [0.29, 0.717) is 24.7 Å². The van der Waals surface area contributed by atoms with Crippen molar-refractivity contribution in [3.8, 4) is 0 Å². The summed E-state index contributed by atoms with van der Waals surface area (Å²) in [6.07, 6.45) is 11.8. The van der Waals surface area contributed by atoms with Crippen LogP contribution >= 0.6 is 0 Å². The van der Waals surface area contributed by atoms with E-state index in [1.54, 1.807) is 0 Å². The van der Waals surface area contributed by atoms with Gasteiger partial charge in [0.25, 0.3) is 0 Å². The number of urea groups is 1. The van der Waals surface area contributed by atoms with Crippen LogP contribution in [0.25, 0.3) is 0 Å². The second-order valence-corrected chi connectivity index (χ2v) is 15.8. The standard InChI is InChI=1S/C34H51N3O5/c1-20(38)42-26-13-14-32(6)23(29(26,2)3)12-15-34(8)24(32)11-10-21-22-18-30(4,27(39)41-9)19-25(36-37-28(35)40)31(22,5)16-17-33(21,34)7/h10-11,23-24,26H,12-19H2,1-9H3,(H3,35,37,40)/b36-25+/t23-,24+,26-,30-,31-,32-,33+,34+/m0/s1. The van der Waals surface area contributed by atoms with Gasteiger partial charge in [-0.05, 0) is 85.5 Å². The van der Waals surface area contributed by atoms with Crippen LogP contribution in [0.15, 0.2) is 28.4 Å². The number of hydrogen-bond acceptors (Lipinski definition) is 6. The zero-order chi connectivity index (χ0) is 31.1. The van der Waals surface area contributed by atoms with Crippen LogP contribution in [0.4, 0.5) is 4.79 Å². The Hall–Kier alpha value is -2.64. The summed E-state index contributed by atoms with van der Waals surface area (Å²) in [4.78, 5) is 36.8. The Labute approximate surface area is 251 Å². The first kappa shape index (κ1) is 30.8. The van der Waals surface area contributed by atoms with E-state index in [1.807, 2.05) is 6.92 Å². The van der Waals surface area contributed by atoms with Gasteiger partial charge in [-0.3, -0.25) is 9.59 Å². The number of hydrogen-bond donors (Lipinski definition) is 2. The van der Waals surface area contributed by atoms with Gasteiger partial charge in [-0.15, -0.1) is 0 Å². The van der Waals surface area contributed by atoms with E-state index in [2.05, 4.69) is 64.2 Å². The zero-order valence-electron chi connectivity index (χ0n) is 27.1. The summed E-state index contributed by atoms with van der Waals surface area (Å²) in [6.45, 7) is 17.7. The third-order valence-corrected chi connectivity index (χ3v) is 13.3. The summed E-state index contributed by atoms with van der Waals surface area (Å²) < 4.78 is 11.2. The van der Waals surface area contributed by atoms with Gasteiger partial charge in [-0.25, -0.2) is 10.2 Å². The summed E-state index contributed by atoms with van der Waals surface area (Å²) in [6, 6.07) is -0.712. The maximum Gasteiger partial charge on any atom is 0.332 e. The summed E-state index contributed by atoms with van der Waals surface area (Å²) >= 11 is 0. The number of carbonyl (C=O) groups is 3. The van der Waals surface area contributed by atoms with E-state index in [9.17, 15) is 14.4 Å². The van der Waals surface area contributed by atoms with Crippen LogP contribution < -0.4 is 11.2 Å². The Morgan fingerprint density at radius 3 is 2.29 bits per heavy atom. The number of rotatable bonds is 3. The molecule has 5 aliphatic rings. The molecule has 8 heteroatoms. The summed E-state index contributed by atoms with van der Waals surface area (Å²) in [5.41, 5.74) is 9.94. The van der Waals surface area contributed by atoms with Gasteiger partial charge >= 0.3 is 18.0 Å². The van der Waals surface area contributed by atoms with Gasteiger partial charge < -0.3 is 15.2 Å². The summed E-state index contributed by atoms with van der Waals surface area (Å²) in [5.74, 6) is 0.360. The molecule has 8 nitrogen and oxygen atoms in total. The van der Waals surface area contributed by atoms with Crippen molar-refractivity contribution in [3.63, 3.8) is 0 Å². The molecule has 3 N–H and O–H groups in total. The molecule has 0 spiro atoms. The third-order valence-electron chi connectivity index (χ3n) is 13.3. The van der Waals surface area contributed by atoms with Crippen molar-refractivity contribution in [1.29, 1.82) is 0 Å². The second-order valence-electron chi connectivity index (χ2n) is 15.8. The van der Waals surface area contributed by atoms with Crippen LogP contribution in [0, 0.1) is 44.3 Å². The summed E-state index contributed by atoms with van der Waals surface area (Å²) in [7, 11) is 1.44. The molecule has 5 rings (SSSR count). The number of esters is 2. The van der Waals surface area contributed by atoms with Crippen LogP contribution in [0.3, 0.4) is 0 Å². The maximum absolute atomic E-state index is 13.2. The highest BCUT2D eigenvalue weighted by molar-refractivity contribution is 5.99. The Bertz CT molecular complexity index is 1300. The van der Waals surface area contributed by atoms with Crippen molar-refractivity contribution < 1.29 is 23.9 Å². The quantitative estimate of drug-likeness (QED) is 0.293. The van der Waals surface area contributed by atoms with E-state index in [-0.39, 0.29) is 45.1 Å². The topological polar surface area (TPSA) is 120 Å². The number of methoxy groups -OCH3 is 1. The number of fused-ring (bicyclic) bond motifs is 6. The SMILES string of the molecule is COC(=O)[C@@]1(C)CC2=C3C=C[C@@H]4[C@@]5(C)CC[C@H](OC(C)=O)C(C)(C)[C@@H]5CC[C@@]4(C)[C@]3(C)CC[C@]2(C)/C(=N/NC(N)=O)C1. The molecule has 0 bridgehead atoms. The largest absolute Gasteiger partial charge is 0.469 e. The maximum atomic E-state index is 13.2. The Morgan fingerprint density at radius 2 is 1.67 bits per heavy atom. The molecule has 2 amide bonds. The number of carbonyl (C=O) groups excluding carboxylic acids is 3. The molecule has 0 aromatic heterocycles. The molecule has 8 atom stereocenters. The molecule has 0 unspecified atom stereocenters. The fourth-order valence-corrected chi connectivity index (χ4v) is 10.7. The first-order valence-corrected chi connectivity index (χ1v) is 15.7. The van der Waals surface area contributed by atoms with Crippen molar-refractivity contribution in [3.05, 3.63) is 23.3 Å². The van der Waals surface area contributed by atoms with Gasteiger partial charge in [0.15, 0.2) is 0 Å². The lowest BCUT2D eigenvalue weighted by Crippen LogP contribution is -2.63. The van der Waals surface area contributed by atoms with E-state index < -0.39 is 11.4 Å². The first-order chi connectivity index (χ1) is 19.4. The highest BCUT2D eigenvalue weighted by atomic mass is 16.5. The number of nitrogens with one attached hydrogen (secondary N) is 1. The van der Waals surface area contributed by atoms with Gasteiger partial charge in [-0.2, -0.15) is 5.10 Å². The number of primary amides is 1. The molecule has 232 valence electrons. The minimum atomic E-state index is -0.790. The van der Waals surface area contributed by atoms with Gasteiger partial charge in [0.2, 0.25) is 0 Å². The highest BCUT2D eigenvalue weighted by Gasteiger charge is 2.67. The fraction of sp³-hybridized carbons (Fsp3) is 0.765. The van der Waals surface area contributed by atoms with Crippen LogP contribution in [-0.2, 0) is 19.1 Å². The van der Waals surface area contributed by atoms with E-state index in [1.165, 1.54) is 25.2 Å². The van der Waals surface area contributed by atoms with Crippen LogP contribution in [0.5, 0.6) is 0 Å². The minimum absolute atomic E-state index is 0.0168. The van der Waals surface area contributed by atoms with Crippen LogP contribution in [0.2, 0.25) is 0 Å². The van der Waals surface area contributed by atoms with Crippen molar-refractivity contribution in [1.82, 2.24) is 5.43 Å². The Morgan fingerprint density at radius 1 is 0.976 bits per heavy atom. The smallest absolute Gasteiger partial charge is 0.332 e. The van der Waals surface area contributed by atoms with Crippen molar-refractivity contribution >= 4 is 23.7 Å². The predicted octanol–water partition coefficient (Wildman–Crippen LogP) is 6.45. The molecule has 0 heterocycles. The number of allylic oxidation sites excluding steroid dienone is 4. The highest BCUT2D eigenvalue weighted by Crippen LogP contribution is 2.74. The molecule has 0 radical (unpaired) electrons. The average molecular weight is 582 g/mol. The lowest BCUT2D eigenvalue weighted by atomic mass is 9.35. The molecule has 3 saturated carbocycles. The molecular weight excluding hydrogens is 530 g/mol. The lowest BCUT2D eigenvalue weighted by Gasteiger charge is -2.69. The Kier molecular flexibility index (Phi) is 7.10. The van der Waals surface area contributed by atoms with Gasteiger partial charge in [0.05, 0.1) is 12.5 Å². The molecule has 5 aliphatic carbocycles. The molecule has 0 aromatic rings. The zero-order valence-corrected chi connectivity index (χ0v) is 27.1. The van der Waals surface area contributed by atoms with Crippen molar-refractivity contribution in [2.24, 2.45) is 55.2 Å². The predicted molar refractivity (Wildman–Crippen MR) is 162 cm³/mol. The van der Waals surface area contributed by atoms with Gasteiger partial charge in [0.1, 0.15) is 6.10 Å². The minimum Gasteiger partial charge on any atom is -0.469 e. The van der Waals surface area contributed by atoms with Crippen LogP contribution in [0.1, 0.15) is 107 Å². The summed E-state index contributed by atoms with van der Waals surface area (Å²) in [5, 5.41) is 4.51. The number of ether oxygens (including phenoxy) is 2. The molecule has 0 saturated heterocycles. The normalized spacial score (nSPS) is 44.7. The van der Waals surface area contributed by atoms with Gasteiger partial charge in [-0.1, -0.05) is 59.3 Å². The molecule has 42 heavy (non-hydrogen) atoms. The second kappa shape index (κ2) is 9.68. The van der Waals surface area contributed by atoms with E-state index in [4.69, 9.17) is 15.2 Å². The average Bonchev–Trinajstić information content (AvgIpc) is 2.89. The third kappa shape index (κ3) is 4.13. The fourth-order valence-electron chi connectivity index (χ4n) is 10.7. The van der Waals surface area contributed by atoms with E-state index >= 15 is 0 Å². The van der Waals surface area contributed by atoms with E-state index in [0.717, 1.165) is 44.2 Å². The van der Waals surface area contributed by atoms with Crippen molar-refractivity contribution in [2.45, 2.75) is 113 Å². The molecule has 3 fully saturated rings. The van der Waals surface area contributed by atoms with Crippen LogP contribution in [-0.4, -0.2) is 36.9 Å². The Balaban J connectivity index is 1.64. The number of amides is 2. The number of hydrazone groups is 1. The molecule has 0 aromatic carbocycles. The van der Waals surface area contributed by atoms with Crippen molar-refractivity contribution in [2.75, 3.05) is 7.11 Å². The lowest BCUT2D eigenvalue weighted by molar-refractivity contribution is -0.197. The molecular formula is C34H51N3O5. The monoisotopic (exact) mass is 581 g/mol.